The minimum Gasteiger partial charge on any atom is -0.388 e. The highest BCUT2D eigenvalue weighted by Gasteiger charge is 2.13. The second-order valence-electron chi connectivity index (χ2n) is 5.21. The molecule has 0 aliphatic heterocycles. The van der Waals surface area contributed by atoms with Crippen molar-refractivity contribution in [2.75, 3.05) is 0 Å². The average Bonchev–Trinajstić information content (AvgIpc) is 2.77. The normalized spacial score (nSPS) is 12.8. The first kappa shape index (κ1) is 12.9. The summed E-state index contributed by atoms with van der Waals surface area (Å²) >= 11 is 0. The molecule has 0 aliphatic carbocycles. The number of benzene rings is 2. The Kier molecular flexibility index (Phi) is 3.28. The molecule has 0 amide bonds. The summed E-state index contributed by atoms with van der Waals surface area (Å²) < 4.78 is 2.05. The number of hydrogen-bond acceptors (Lipinski definition) is 2. The van der Waals surface area contributed by atoms with E-state index in [2.05, 4.69) is 4.98 Å². The first-order valence-electron chi connectivity index (χ1n) is 6.80. The van der Waals surface area contributed by atoms with Crippen LogP contribution in [0.15, 0.2) is 48.5 Å². The van der Waals surface area contributed by atoms with Crippen LogP contribution < -0.4 is 0 Å². The van der Waals surface area contributed by atoms with Crippen LogP contribution in [-0.2, 0) is 13.5 Å². The minimum atomic E-state index is -0.522. The number of imidazole rings is 1. The van der Waals surface area contributed by atoms with E-state index in [4.69, 9.17) is 0 Å². The lowest BCUT2D eigenvalue weighted by molar-refractivity contribution is 0.175. The van der Waals surface area contributed by atoms with Gasteiger partial charge in [-0.15, -0.1) is 0 Å². The van der Waals surface area contributed by atoms with Crippen LogP contribution in [0.4, 0.5) is 0 Å². The van der Waals surface area contributed by atoms with Crippen molar-refractivity contribution in [3.8, 4) is 0 Å². The molecule has 0 saturated heterocycles. The van der Waals surface area contributed by atoms with E-state index in [1.54, 1.807) is 0 Å². The number of aromatic nitrogens is 2. The Morgan fingerprint density at radius 1 is 1.10 bits per heavy atom. The Morgan fingerprint density at radius 3 is 2.50 bits per heavy atom. The number of rotatable bonds is 3. The predicted octanol–water partition coefficient (Wildman–Crippen LogP) is 3.16. The number of nitrogens with zero attached hydrogens (tertiary/aromatic N) is 2. The molecule has 1 atom stereocenters. The lowest BCUT2D eigenvalue weighted by Crippen LogP contribution is -2.06. The molecule has 3 nitrogen and oxygen atoms in total. The Labute approximate surface area is 118 Å². The average molecular weight is 266 g/mol. The van der Waals surface area contributed by atoms with Gasteiger partial charge in [-0.2, -0.15) is 0 Å². The highest BCUT2D eigenvalue weighted by molar-refractivity contribution is 5.75. The maximum absolute atomic E-state index is 10.4. The number of fused-ring (bicyclic) bond motifs is 1. The molecule has 1 unspecified atom stereocenters. The Bertz CT molecular complexity index is 728. The van der Waals surface area contributed by atoms with Gasteiger partial charge in [0, 0.05) is 13.5 Å². The van der Waals surface area contributed by atoms with Crippen molar-refractivity contribution in [1.82, 2.24) is 9.55 Å². The summed E-state index contributed by atoms with van der Waals surface area (Å²) in [5.74, 6) is 0.902. The highest BCUT2D eigenvalue weighted by atomic mass is 16.3. The van der Waals surface area contributed by atoms with E-state index >= 15 is 0 Å². The molecule has 0 aliphatic rings. The Hall–Kier alpha value is -2.13. The van der Waals surface area contributed by atoms with Gasteiger partial charge in [-0.25, -0.2) is 4.98 Å². The van der Waals surface area contributed by atoms with Gasteiger partial charge in [0.2, 0.25) is 0 Å². The fraction of sp³-hybridized carbons (Fsp3) is 0.235. The van der Waals surface area contributed by atoms with Crippen LogP contribution in [0.2, 0.25) is 0 Å². The smallest absolute Gasteiger partial charge is 0.112 e. The van der Waals surface area contributed by atoms with Gasteiger partial charge >= 0.3 is 0 Å². The van der Waals surface area contributed by atoms with Crippen molar-refractivity contribution in [3.63, 3.8) is 0 Å². The van der Waals surface area contributed by atoms with E-state index in [1.165, 1.54) is 5.56 Å². The summed E-state index contributed by atoms with van der Waals surface area (Å²) in [6.45, 7) is 2.04. The maximum Gasteiger partial charge on any atom is 0.112 e. The van der Waals surface area contributed by atoms with Crippen LogP contribution in [0.1, 0.15) is 23.1 Å². The molecule has 0 saturated carbocycles. The van der Waals surface area contributed by atoms with Gasteiger partial charge in [0.1, 0.15) is 5.82 Å². The number of aliphatic hydroxyl groups is 1. The molecule has 102 valence electrons. The molecule has 1 aromatic heterocycles. The van der Waals surface area contributed by atoms with E-state index in [9.17, 15) is 5.11 Å². The first-order chi connectivity index (χ1) is 9.65. The molecule has 2 aromatic carbocycles. The number of aryl methyl sites for hydroxylation is 2. The SMILES string of the molecule is Cc1ccc(C(O)Cc2nc3ccccc3n2C)cc1. The molecular formula is C17H18N2O. The zero-order valence-corrected chi connectivity index (χ0v) is 11.7. The highest BCUT2D eigenvalue weighted by Crippen LogP contribution is 2.21. The molecule has 0 spiro atoms. The summed E-state index contributed by atoms with van der Waals surface area (Å²) in [5, 5.41) is 10.4. The van der Waals surface area contributed by atoms with Crippen molar-refractivity contribution in [3.05, 3.63) is 65.5 Å². The molecule has 1 N–H and O–H groups in total. The van der Waals surface area contributed by atoms with Gasteiger partial charge in [0.25, 0.3) is 0 Å². The quantitative estimate of drug-likeness (QED) is 0.790. The van der Waals surface area contributed by atoms with Crippen molar-refractivity contribution < 1.29 is 5.11 Å². The summed E-state index contributed by atoms with van der Waals surface area (Å²) in [5.41, 5.74) is 4.20. The largest absolute Gasteiger partial charge is 0.388 e. The number of aliphatic hydroxyl groups excluding tert-OH is 1. The molecule has 1 heterocycles. The van der Waals surface area contributed by atoms with E-state index in [1.807, 2.05) is 67.1 Å². The molecular weight excluding hydrogens is 248 g/mol. The Morgan fingerprint density at radius 2 is 1.80 bits per heavy atom. The summed E-state index contributed by atoms with van der Waals surface area (Å²) in [6, 6.07) is 16.0. The molecule has 0 radical (unpaired) electrons. The third kappa shape index (κ3) is 2.32. The number of hydrogen-bond donors (Lipinski definition) is 1. The molecule has 3 heteroatoms. The predicted molar refractivity (Wildman–Crippen MR) is 80.6 cm³/mol. The Balaban J connectivity index is 1.89. The lowest BCUT2D eigenvalue weighted by atomic mass is 10.0. The van der Waals surface area contributed by atoms with Crippen molar-refractivity contribution in [1.29, 1.82) is 0 Å². The summed E-state index contributed by atoms with van der Waals surface area (Å²) in [6.07, 6.45) is -0.0000539. The molecule has 3 rings (SSSR count). The standard InChI is InChI=1S/C17H18N2O/c1-12-7-9-13(10-8-12)16(20)11-17-18-14-5-3-4-6-15(14)19(17)2/h3-10,16,20H,11H2,1-2H3. The molecule has 0 bridgehead atoms. The third-order valence-electron chi connectivity index (χ3n) is 3.72. The summed E-state index contributed by atoms with van der Waals surface area (Å²) in [4.78, 5) is 4.60. The van der Waals surface area contributed by atoms with Crippen LogP contribution in [-0.4, -0.2) is 14.7 Å². The monoisotopic (exact) mass is 266 g/mol. The fourth-order valence-corrected chi connectivity index (χ4v) is 2.46. The molecule has 20 heavy (non-hydrogen) atoms. The lowest BCUT2D eigenvalue weighted by Gasteiger charge is -2.11. The van der Waals surface area contributed by atoms with E-state index in [0.717, 1.165) is 22.4 Å². The summed E-state index contributed by atoms with van der Waals surface area (Å²) in [7, 11) is 1.99. The molecule has 0 fully saturated rings. The van der Waals surface area contributed by atoms with Gasteiger partial charge in [-0.3, -0.25) is 0 Å². The first-order valence-corrected chi connectivity index (χ1v) is 6.80. The van der Waals surface area contributed by atoms with Crippen LogP contribution >= 0.6 is 0 Å². The van der Waals surface area contributed by atoms with Crippen LogP contribution in [0.25, 0.3) is 11.0 Å². The molecule has 3 aromatic rings. The van der Waals surface area contributed by atoms with Crippen LogP contribution in [0.3, 0.4) is 0 Å². The number of para-hydroxylation sites is 2. The minimum absolute atomic E-state index is 0.522. The van der Waals surface area contributed by atoms with E-state index < -0.39 is 6.10 Å². The van der Waals surface area contributed by atoms with Crippen LogP contribution in [0, 0.1) is 6.92 Å². The topological polar surface area (TPSA) is 38.1 Å². The van der Waals surface area contributed by atoms with Crippen molar-refractivity contribution >= 4 is 11.0 Å². The second kappa shape index (κ2) is 5.10. The van der Waals surface area contributed by atoms with E-state index in [-0.39, 0.29) is 0 Å². The zero-order valence-electron chi connectivity index (χ0n) is 11.7. The van der Waals surface area contributed by atoms with Crippen LogP contribution in [0.5, 0.6) is 0 Å². The maximum atomic E-state index is 10.4. The van der Waals surface area contributed by atoms with Crippen molar-refractivity contribution in [2.24, 2.45) is 7.05 Å². The third-order valence-corrected chi connectivity index (χ3v) is 3.72. The van der Waals surface area contributed by atoms with Gasteiger partial charge in [-0.05, 0) is 24.6 Å². The second-order valence-corrected chi connectivity index (χ2v) is 5.21. The van der Waals surface area contributed by atoms with Crippen molar-refractivity contribution in [2.45, 2.75) is 19.4 Å². The van der Waals surface area contributed by atoms with Gasteiger partial charge in [0.15, 0.2) is 0 Å². The van der Waals surface area contributed by atoms with Gasteiger partial charge in [-0.1, -0.05) is 42.0 Å². The van der Waals surface area contributed by atoms with E-state index in [0.29, 0.717) is 6.42 Å². The zero-order chi connectivity index (χ0) is 14.1. The fourth-order valence-electron chi connectivity index (χ4n) is 2.46. The van der Waals surface area contributed by atoms with Gasteiger partial charge in [0.05, 0.1) is 17.1 Å². The van der Waals surface area contributed by atoms with Gasteiger partial charge < -0.3 is 9.67 Å².